The summed E-state index contributed by atoms with van der Waals surface area (Å²) in [5, 5.41) is 12.8. The van der Waals surface area contributed by atoms with Crippen LogP contribution in [0.4, 0.5) is 0 Å². The molecule has 24 heavy (non-hydrogen) atoms. The predicted octanol–water partition coefficient (Wildman–Crippen LogP) is -0.0735. The molecule has 10 heteroatoms. The monoisotopic (exact) mass is 377 g/mol. The molecule has 136 valence electrons. The topological polar surface area (TPSA) is 116 Å². The molecule has 1 aromatic rings. The van der Waals surface area contributed by atoms with Gasteiger partial charge in [0.15, 0.2) is 5.69 Å². The van der Waals surface area contributed by atoms with Crippen molar-refractivity contribution in [2.75, 3.05) is 25.4 Å². The van der Waals surface area contributed by atoms with Gasteiger partial charge in [0.2, 0.25) is 10.0 Å². The second-order valence-corrected chi connectivity index (χ2v) is 8.10. The van der Waals surface area contributed by atoms with Gasteiger partial charge in [0.25, 0.3) is 5.91 Å². The average molecular weight is 378 g/mol. The number of amides is 1. The fourth-order valence-electron chi connectivity index (χ4n) is 2.81. The number of H-pyrrole nitrogens is 1. The van der Waals surface area contributed by atoms with Gasteiger partial charge in [-0.15, -0.1) is 12.4 Å². The molecule has 0 saturated heterocycles. The highest BCUT2D eigenvalue weighted by molar-refractivity contribution is 7.89. The summed E-state index contributed by atoms with van der Waals surface area (Å²) in [4.78, 5) is 12.1. The van der Waals surface area contributed by atoms with Gasteiger partial charge in [-0.2, -0.15) is 5.10 Å². The summed E-state index contributed by atoms with van der Waals surface area (Å²) in [6.45, 7) is 2.06. The van der Waals surface area contributed by atoms with E-state index in [1.807, 2.05) is 0 Å². The third-order valence-electron chi connectivity index (χ3n) is 4.49. The maximum atomic E-state index is 12.1. The molecule has 2 heterocycles. The first-order valence-electron chi connectivity index (χ1n) is 8.07. The molecule has 1 saturated carbocycles. The Hall–Kier alpha value is -1.16. The van der Waals surface area contributed by atoms with Crippen molar-refractivity contribution < 1.29 is 13.2 Å². The summed E-state index contributed by atoms with van der Waals surface area (Å²) < 4.78 is 26.4. The lowest BCUT2D eigenvalue weighted by Gasteiger charge is -2.25. The van der Waals surface area contributed by atoms with Crippen molar-refractivity contribution in [2.24, 2.45) is 5.92 Å². The first kappa shape index (κ1) is 19.2. The van der Waals surface area contributed by atoms with Crippen LogP contribution in [0, 0.1) is 5.92 Å². The van der Waals surface area contributed by atoms with Gasteiger partial charge in [-0.1, -0.05) is 6.42 Å². The zero-order valence-corrected chi connectivity index (χ0v) is 15.1. The number of nitrogens with zero attached hydrogens (tertiary/aromatic N) is 1. The smallest absolute Gasteiger partial charge is 0.272 e. The van der Waals surface area contributed by atoms with E-state index in [-0.39, 0.29) is 30.6 Å². The van der Waals surface area contributed by atoms with E-state index in [1.54, 1.807) is 0 Å². The number of hydrogen-bond acceptors (Lipinski definition) is 5. The van der Waals surface area contributed by atoms with Gasteiger partial charge >= 0.3 is 0 Å². The fourth-order valence-corrected chi connectivity index (χ4v) is 3.81. The molecule has 0 spiro atoms. The normalized spacial score (nSPS) is 17.5. The number of fused-ring (bicyclic) bond motifs is 1. The molecule has 0 aromatic carbocycles. The number of halogens is 1. The first-order chi connectivity index (χ1) is 11.1. The molecule has 0 atom stereocenters. The van der Waals surface area contributed by atoms with E-state index in [4.69, 9.17) is 0 Å². The number of hydrogen-bond donors (Lipinski definition) is 4. The Labute approximate surface area is 148 Å². The predicted molar refractivity (Wildman–Crippen MR) is 92.7 cm³/mol. The van der Waals surface area contributed by atoms with E-state index >= 15 is 0 Å². The maximum Gasteiger partial charge on any atom is 0.272 e. The molecule has 1 fully saturated rings. The van der Waals surface area contributed by atoms with E-state index in [1.165, 1.54) is 6.42 Å². The first-order valence-corrected chi connectivity index (χ1v) is 9.73. The molecule has 1 aliphatic carbocycles. The summed E-state index contributed by atoms with van der Waals surface area (Å²) in [6, 6.07) is 0. The van der Waals surface area contributed by atoms with Crippen molar-refractivity contribution in [2.45, 2.75) is 32.2 Å². The number of rotatable bonds is 7. The van der Waals surface area contributed by atoms with Gasteiger partial charge in [0.05, 0.1) is 5.75 Å². The molecular weight excluding hydrogens is 354 g/mol. The van der Waals surface area contributed by atoms with Crippen LogP contribution in [0.3, 0.4) is 0 Å². The molecule has 0 unspecified atom stereocenters. The van der Waals surface area contributed by atoms with Crippen molar-refractivity contribution >= 4 is 28.3 Å². The van der Waals surface area contributed by atoms with Crippen molar-refractivity contribution in [3.63, 3.8) is 0 Å². The second-order valence-electron chi connectivity index (χ2n) is 6.18. The third-order valence-corrected chi connectivity index (χ3v) is 5.84. The highest BCUT2D eigenvalue weighted by atomic mass is 35.5. The van der Waals surface area contributed by atoms with Gasteiger partial charge in [-0.3, -0.25) is 9.89 Å². The van der Waals surface area contributed by atoms with Gasteiger partial charge in [0.1, 0.15) is 0 Å². The van der Waals surface area contributed by atoms with Crippen LogP contribution in [0.15, 0.2) is 0 Å². The zero-order chi connectivity index (χ0) is 16.3. The Morgan fingerprint density at radius 1 is 1.33 bits per heavy atom. The maximum absolute atomic E-state index is 12.1. The van der Waals surface area contributed by atoms with Crippen LogP contribution >= 0.6 is 12.4 Å². The average Bonchev–Trinajstić information content (AvgIpc) is 2.89. The van der Waals surface area contributed by atoms with Gasteiger partial charge in [-0.05, 0) is 18.8 Å². The van der Waals surface area contributed by atoms with Crippen LogP contribution in [0.1, 0.15) is 41.0 Å². The minimum atomic E-state index is -3.34. The van der Waals surface area contributed by atoms with Crippen LogP contribution in [0.25, 0.3) is 0 Å². The number of carbonyl (C=O) groups is 1. The van der Waals surface area contributed by atoms with E-state index < -0.39 is 10.0 Å². The number of aromatic nitrogens is 2. The lowest BCUT2D eigenvalue weighted by atomic mass is 9.86. The minimum absolute atomic E-state index is 0. The Morgan fingerprint density at radius 3 is 2.83 bits per heavy atom. The molecule has 1 amide bonds. The van der Waals surface area contributed by atoms with Crippen LogP contribution < -0.4 is 15.4 Å². The largest absolute Gasteiger partial charge is 0.350 e. The molecule has 4 N–H and O–H groups in total. The van der Waals surface area contributed by atoms with Gasteiger partial charge in [-0.25, -0.2) is 13.1 Å². The summed E-state index contributed by atoms with van der Waals surface area (Å²) in [7, 11) is -3.34. The summed E-state index contributed by atoms with van der Waals surface area (Å²) >= 11 is 0. The SMILES string of the molecule is Cl.O=C(NCCS(=O)(=O)NCC1CCC1)c1n[nH]c2c1CNCC2. The molecule has 3 rings (SSSR count). The molecular formula is C14H24ClN5O3S. The minimum Gasteiger partial charge on any atom is -0.350 e. The van der Waals surface area contributed by atoms with E-state index in [2.05, 4.69) is 25.6 Å². The Kier molecular flexibility index (Phi) is 6.62. The Balaban J connectivity index is 0.00000208. The molecule has 1 aliphatic heterocycles. The van der Waals surface area contributed by atoms with Crippen molar-refractivity contribution in [3.05, 3.63) is 17.0 Å². The van der Waals surface area contributed by atoms with E-state index in [9.17, 15) is 13.2 Å². The molecule has 0 radical (unpaired) electrons. The number of sulfonamides is 1. The van der Waals surface area contributed by atoms with Gasteiger partial charge < -0.3 is 10.6 Å². The summed E-state index contributed by atoms with van der Waals surface area (Å²) in [5.41, 5.74) is 2.20. The fraction of sp³-hybridized carbons (Fsp3) is 0.714. The van der Waals surface area contributed by atoms with Gasteiger partial charge in [0, 0.05) is 43.9 Å². The summed E-state index contributed by atoms with van der Waals surface area (Å²) in [5.74, 6) is 0.0268. The molecule has 2 aliphatic rings. The third kappa shape index (κ3) is 4.69. The molecule has 1 aromatic heterocycles. The number of aromatic amines is 1. The highest BCUT2D eigenvalue weighted by Crippen LogP contribution is 2.25. The Morgan fingerprint density at radius 2 is 2.12 bits per heavy atom. The number of nitrogens with one attached hydrogen (secondary N) is 4. The van der Waals surface area contributed by atoms with E-state index in [0.29, 0.717) is 24.7 Å². The standard InChI is InChI=1S/C14H23N5O3S.ClH/c20-14(13-11-9-15-5-4-12(11)18-19-13)16-6-7-23(21,22)17-8-10-2-1-3-10;/h10,15,17H,1-9H2,(H,16,20)(H,18,19);1H. The van der Waals surface area contributed by atoms with Crippen molar-refractivity contribution in [1.29, 1.82) is 0 Å². The zero-order valence-electron chi connectivity index (χ0n) is 13.4. The molecule has 0 bridgehead atoms. The van der Waals surface area contributed by atoms with E-state index in [0.717, 1.165) is 37.1 Å². The Bertz CT molecular complexity index is 672. The highest BCUT2D eigenvalue weighted by Gasteiger charge is 2.22. The van der Waals surface area contributed by atoms with Crippen LogP contribution in [-0.2, 0) is 23.0 Å². The molecule has 8 nitrogen and oxygen atoms in total. The second kappa shape index (κ2) is 8.28. The van der Waals surface area contributed by atoms with Crippen LogP contribution in [-0.4, -0.2) is 49.9 Å². The van der Waals surface area contributed by atoms with Crippen molar-refractivity contribution in [3.8, 4) is 0 Å². The number of carbonyl (C=O) groups excluding carboxylic acids is 1. The van der Waals surface area contributed by atoms with Crippen LogP contribution in [0.2, 0.25) is 0 Å². The lowest BCUT2D eigenvalue weighted by Crippen LogP contribution is -2.38. The quantitative estimate of drug-likeness (QED) is 0.530. The van der Waals surface area contributed by atoms with Crippen LogP contribution in [0.5, 0.6) is 0 Å². The van der Waals surface area contributed by atoms with Crippen molar-refractivity contribution in [1.82, 2.24) is 25.6 Å². The lowest BCUT2D eigenvalue weighted by molar-refractivity contribution is 0.0950. The summed E-state index contributed by atoms with van der Waals surface area (Å²) in [6.07, 6.45) is 4.19.